The molecule has 1 aromatic carbocycles. The molecule has 0 unspecified atom stereocenters. The predicted molar refractivity (Wildman–Crippen MR) is 75.9 cm³/mol. The van der Waals surface area contributed by atoms with E-state index in [-0.39, 0.29) is 5.91 Å². The van der Waals surface area contributed by atoms with Crippen LogP contribution in [-0.2, 0) is 18.0 Å². The van der Waals surface area contributed by atoms with Crippen molar-refractivity contribution in [2.24, 2.45) is 5.84 Å². The molecule has 19 heavy (non-hydrogen) atoms. The normalized spacial score (nSPS) is 10.4. The van der Waals surface area contributed by atoms with Gasteiger partial charge in [0.1, 0.15) is 0 Å². The van der Waals surface area contributed by atoms with Gasteiger partial charge >= 0.3 is 0 Å². The van der Waals surface area contributed by atoms with Gasteiger partial charge in [0.05, 0.1) is 18.1 Å². The van der Waals surface area contributed by atoms with E-state index in [2.05, 4.69) is 5.43 Å². The molecule has 0 saturated carbocycles. The maximum absolute atomic E-state index is 11.5. The molecule has 0 saturated heterocycles. The number of ether oxygens (including phenoxy) is 1. The van der Waals surface area contributed by atoms with Crippen LogP contribution < -0.4 is 11.3 Å². The lowest BCUT2D eigenvalue weighted by Crippen LogP contribution is -2.30. The topological polar surface area (TPSA) is 64.3 Å². The van der Waals surface area contributed by atoms with E-state index in [1.807, 2.05) is 35.7 Å². The van der Waals surface area contributed by atoms with Crippen LogP contribution in [0, 0.1) is 0 Å². The third kappa shape index (κ3) is 3.78. The van der Waals surface area contributed by atoms with E-state index in [0.717, 1.165) is 11.1 Å². The molecule has 0 aliphatic heterocycles. The van der Waals surface area contributed by atoms with E-state index in [0.29, 0.717) is 23.1 Å². The van der Waals surface area contributed by atoms with E-state index >= 15 is 0 Å². The zero-order valence-corrected chi connectivity index (χ0v) is 11.6. The molecule has 0 aliphatic carbocycles. The number of thiophene rings is 1. The molecule has 0 bridgehead atoms. The molecule has 0 radical (unpaired) electrons. The minimum Gasteiger partial charge on any atom is -0.372 e. The molecule has 1 heterocycles. The monoisotopic (exact) mass is 296 g/mol. The smallest absolute Gasteiger partial charge is 0.275 e. The number of rotatable bonds is 5. The second kappa shape index (κ2) is 6.68. The van der Waals surface area contributed by atoms with Crippen molar-refractivity contribution in [1.29, 1.82) is 0 Å². The highest BCUT2D eigenvalue weighted by molar-refractivity contribution is 7.12. The van der Waals surface area contributed by atoms with Crippen molar-refractivity contribution < 1.29 is 9.53 Å². The standard InChI is InChI=1S/C13H13ClN2O2S/c14-11-3-1-9(2-4-11)7-18-8-10-5-6-19-12(10)13(17)16-15/h1-6H,7-8,15H2,(H,16,17). The molecule has 0 atom stereocenters. The highest BCUT2D eigenvalue weighted by Crippen LogP contribution is 2.18. The van der Waals surface area contributed by atoms with Crippen LogP contribution in [-0.4, -0.2) is 5.91 Å². The van der Waals surface area contributed by atoms with Gasteiger partial charge in [-0.1, -0.05) is 23.7 Å². The average Bonchev–Trinajstić information content (AvgIpc) is 2.88. The summed E-state index contributed by atoms with van der Waals surface area (Å²) in [5, 5.41) is 2.54. The van der Waals surface area contributed by atoms with Gasteiger partial charge in [0.25, 0.3) is 5.91 Å². The third-order valence-electron chi connectivity index (χ3n) is 2.52. The van der Waals surface area contributed by atoms with Crippen LogP contribution in [0.15, 0.2) is 35.7 Å². The fourth-order valence-electron chi connectivity index (χ4n) is 1.57. The fraction of sp³-hybridized carbons (Fsp3) is 0.154. The van der Waals surface area contributed by atoms with Crippen molar-refractivity contribution in [3.05, 3.63) is 56.7 Å². The van der Waals surface area contributed by atoms with Gasteiger partial charge in [0.15, 0.2) is 0 Å². The summed E-state index contributed by atoms with van der Waals surface area (Å²) in [4.78, 5) is 12.1. The van der Waals surface area contributed by atoms with Crippen LogP contribution in [0.25, 0.3) is 0 Å². The lowest BCUT2D eigenvalue weighted by atomic mass is 10.2. The van der Waals surface area contributed by atoms with Gasteiger partial charge < -0.3 is 4.74 Å². The molecule has 4 nitrogen and oxygen atoms in total. The zero-order chi connectivity index (χ0) is 13.7. The first-order valence-electron chi connectivity index (χ1n) is 5.60. The molecule has 2 aromatic rings. The maximum atomic E-state index is 11.5. The Labute approximate surface area is 120 Å². The van der Waals surface area contributed by atoms with E-state index < -0.39 is 0 Å². The van der Waals surface area contributed by atoms with Gasteiger partial charge in [-0.05, 0) is 29.1 Å². The van der Waals surface area contributed by atoms with Crippen molar-refractivity contribution >= 4 is 28.8 Å². The molecule has 3 N–H and O–H groups in total. The van der Waals surface area contributed by atoms with Crippen molar-refractivity contribution in [2.45, 2.75) is 13.2 Å². The highest BCUT2D eigenvalue weighted by Gasteiger charge is 2.11. The molecule has 0 aliphatic rings. The quantitative estimate of drug-likeness (QED) is 0.506. The summed E-state index contributed by atoms with van der Waals surface area (Å²) in [5.74, 6) is 4.83. The maximum Gasteiger partial charge on any atom is 0.275 e. The average molecular weight is 297 g/mol. The Morgan fingerprint density at radius 2 is 2.00 bits per heavy atom. The number of halogens is 1. The van der Waals surface area contributed by atoms with Gasteiger partial charge in [0, 0.05) is 10.6 Å². The van der Waals surface area contributed by atoms with Crippen molar-refractivity contribution in [1.82, 2.24) is 5.43 Å². The first-order chi connectivity index (χ1) is 9.20. The minimum absolute atomic E-state index is 0.292. The van der Waals surface area contributed by atoms with E-state index in [9.17, 15) is 4.79 Å². The Bertz CT molecular complexity index is 554. The number of amides is 1. The molecule has 6 heteroatoms. The highest BCUT2D eigenvalue weighted by atomic mass is 35.5. The Morgan fingerprint density at radius 1 is 1.26 bits per heavy atom. The first kappa shape index (κ1) is 14.0. The molecular weight excluding hydrogens is 284 g/mol. The van der Waals surface area contributed by atoms with Crippen LogP contribution in [0.5, 0.6) is 0 Å². The number of hydrogen-bond acceptors (Lipinski definition) is 4. The van der Waals surface area contributed by atoms with Crippen LogP contribution >= 0.6 is 22.9 Å². The largest absolute Gasteiger partial charge is 0.372 e. The zero-order valence-electron chi connectivity index (χ0n) is 10.1. The predicted octanol–water partition coefficient (Wildman–Crippen LogP) is 2.72. The second-order valence-electron chi connectivity index (χ2n) is 3.87. The van der Waals surface area contributed by atoms with Crippen LogP contribution in [0.2, 0.25) is 5.02 Å². The lowest BCUT2D eigenvalue weighted by molar-refractivity contribution is 0.0934. The summed E-state index contributed by atoms with van der Waals surface area (Å²) in [5.41, 5.74) is 3.99. The number of hydrazine groups is 1. The molecule has 100 valence electrons. The van der Waals surface area contributed by atoms with Gasteiger partial charge in [-0.15, -0.1) is 11.3 Å². The number of carbonyl (C=O) groups excluding carboxylic acids is 1. The first-order valence-corrected chi connectivity index (χ1v) is 6.86. The summed E-state index contributed by atoms with van der Waals surface area (Å²) >= 11 is 7.14. The van der Waals surface area contributed by atoms with Gasteiger partial charge in [0.2, 0.25) is 0 Å². The number of carbonyl (C=O) groups is 1. The Kier molecular flexibility index (Phi) is 4.93. The van der Waals surface area contributed by atoms with Crippen molar-refractivity contribution in [2.75, 3.05) is 0 Å². The number of hydrogen-bond donors (Lipinski definition) is 2. The minimum atomic E-state index is -0.292. The number of nitrogens with one attached hydrogen (secondary N) is 1. The summed E-state index contributed by atoms with van der Waals surface area (Å²) in [6.07, 6.45) is 0. The second-order valence-corrected chi connectivity index (χ2v) is 5.22. The van der Waals surface area contributed by atoms with Crippen LogP contribution in [0.1, 0.15) is 20.8 Å². The lowest BCUT2D eigenvalue weighted by Gasteiger charge is -2.05. The summed E-state index contributed by atoms with van der Waals surface area (Å²) in [7, 11) is 0. The fourth-order valence-corrected chi connectivity index (χ4v) is 2.51. The number of nitrogens with two attached hydrogens (primary N) is 1. The molecule has 1 aromatic heterocycles. The third-order valence-corrected chi connectivity index (χ3v) is 3.73. The summed E-state index contributed by atoms with van der Waals surface area (Å²) in [6, 6.07) is 9.31. The van der Waals surface area contributed by atoms with E-state index in [1.54, 1.807) is 0 Å². The Hall–Kier alpha value is -1.40. The van der Waals surface area contributed by atoms with E-state index in [1.165, 1.54) is 11.3 Å². The molecular formula is C13H13ClN2O2S. The summed E-state index contributed by atoms with van der Waals surface area (Å²) in [6.45, 7) is 0.839. The van der Waals surface area contributed by atoms with Crippen LogP contribution in [0.4, 0.5) is 0 Å². The Balaban J connectivity index is 1.91. The molecule has 1 amide bonds. The van der Waals surface area contributed by atoms with Crippen LogP contribution in [0.3, 0.4) is 0 Å². The SMILES string of the molecule is NNC(=O)c1sccc1COCc1ccc(Cl)cc1. The molecule has 0 fully saturated rings. The number of benzene rings is 1. The molecule has 2 rings (SSSR count). The van der Waals surface area contributed by atoms with E-state index in [4.69, 9.17) is 22.2 Å². The summed E-state index contributed by atoms with van der Waals surface area (Å²) < 4.78 is 5.58. The Morgan fingerprint density at radius 3 is 2.68 bits per heavy atom. The van der Waals surface area contributed by atoms with Gasteiger partial charge in [-0.3, -0.25) is 10.2 Å². The van der Waals surface area contributed by atoms with Gasteiger partial charge in [-0.25, -0.2) is 5.84 Å². The number of nitrogen functional groups attached to an aromatic ring is 1. The van der Waals surface area contributed by atoms with Crippen molar-refractivity contribution in [3.63, 3.8) is 0 Å². The van der Waals surface area contributed by atoms with Gasteiger partial charge in [-0.2, -0.15) is 0 Å². The molecule has 0 spiro atoms. The van der Waals surface area contributed by atoms with Crippen molar-refractivity contribution in [3.8, 4) is 0 Å².